The van der Waals surface area contributed by atoms with Crippen molar-refractivity contribution < 1.29 is 14.7 Å². The van der Waals surface area contributed by atoms with Crippen LogP contribution in [0.25, 0.3) is 0 Å². The molecule has 130 valence electrons. The molecule has 2 unspecified atom stereocenters. The van der Waals surface area contributed by atoms with Crippen LogP contribution in [0.1, 0.15) is 47.7 Å². The molecule has 2 aliphatic rings. The Kier molecular flexibility index (Phi) is 4.63. The second kappa shape index (κ2) is 6.55. The Morgan fingerprint density at radius 1 is 1.21 bits per heavy atom. The van der Waals surface area contributed by atoms with Crippen molar-refractivity contribution in [3.8, 4) is 0 Å². The van der Waals surface area contributed by atoms with Crippen LogP contribution in [0.2, 0.25) is 0 Å². The highest BCUT2D eigenvalue weighted by Gasteiger charge is 2.41. The van der Waals surface area contributed by atoms with Gasteiger partial charge >= 0.3 is 0 Å². The number of hydrogen-bond acceptors (Lipinski definition) is 3. The molecule has 1 saturated heterocycles. The van der Waals surface area contributed by atoms with Gasteiger partial charge in [-0.05, 0) is 57.2 Å². The lowest BCUT2D eigenvalue weighted by molar-refractivity contribution is -0.142. The second-order valence-electron chi connectivity index (χ2n) is 7.32. The predicted octanol–water partition coefficient (Wildman–Crippen LogP) is 1.79. The summed E-state index contributed by atoms with van der Waals surface area (Å²) in [6, 6.07) is 5.85. The molecule has 2 fully saturated rings. The van der Waals surface area contributed by atoms with Crippen LogP contribution in [-0.4, -0.2) is 46.6 Å². The van der Waals surface area contributed by atoms with Gasteiger partial charge in [0.05, 0.1) is 6.10 Å². The number of rotatable bonds is 3. The zero-order chi connectivity index (χ0) is 17.4. The molecule has 2 amide bonds. The van der Waals surface area contributed by atoms with E-state index in [0.29, 0.717) is 24.9 Å². The Hall–Kier alpha value is -1.88. The average molecular weight is 330 g/mol. The number of amides is 2. The molecule has 0 radical (unpaired) electrons. The number of aliphatic hydroxyl groups excluding tert-OH is 1. The third-order valence-corrected chi connectivity index (χ3v) is 5.50. The number of nitrogens with zero attached hydrogens (tertiary/aromatic N) is 1. The monoisotopic (exact) mass is 330 g/mol. The average Bonchev–Trinajstić information content (AvgIpc) is 2.86. The van der Waals surface area contributed by atoms with Gasteiger partial charge in [0.2, 0.25) is 5.91 Å². The maximum atomic E-state index is 12.6. The summed E-state index contributed by atoms with van der Waals surface area (Å²) < 4.78 is 0. The van der Waals surface area contributed by atoms with E-state index in [9.17, 15) is 14.7 Å². The van der Waals surface area contributed by atoms with Crippen LogP contribution in [0, 0.1) is 19.8 Å². The van der Waals surface area contributed by atoms with Gasteiger partial charge in [-0.1, -0.05) is 12.1 Å². The normalized spacial score (nSPS) is 29.2. The molecule has 1 saturated carbocycles. The Morgan fingerprint density at radius 2 is 1.92 bits per heavy atom. The van der Waals surface area contributed by atoms with E-state index in [4.69, 9.17) is 0 Å². The van der Waals surface area contributed by atoms with Crippen LogP contribution in [0.15, 0.2) is 18.2 Å². The summed E-state index contributed by atoms with van der Waals surface area (Å²) >= 11 is 0. The standard InChI is InChI=1S/C19H26N2O3/c1-11-5-4-6-17(13(11)3)18(23)20-15-7-12(2)21(10-15)19(24)14-8-16(22)9-14/h4-6,12,14-16,22H,7-10H2,1-3H3,(H,20,23). The van der Waals surface area contributed by atoms with E-state index in [1.165, 1.54) is 0 Å². The highest BCUT2D eigenvalue weighted by atomic mass is 16.3. The Labute approximate surface area is 143 Å². The highest BCUT2D eigenvalue weighted by Crippen LogP contribution is 2.31. The number of benzene rings is 1. The fourth-order valence-corrected chi connectivity index (χ4v) is 3.73. The van der Waals surface area contributed by atoms with Gasteiger partial charge in [-0.3, -0.25) is 9.59 Å². The number of likely N-dealkylation sites (tertiary alicyclic amines) is 1. The highest BCUT2D eigenvalue weighted by molar-refractivity contribution is 5.96. The van der Waals surface area contributed by atoms with Gasteiger partial charge in [0.1, 0.15) is 0 Å². The molecule has 0 aromatic heterocycles. The smallest absolute Gasteiger partial charge is 0.251 e. The maximum absolute atomic E-state index is 12.6. The number of carbonyl (C=O) groups is 2. The molecular weight excluding hydrogens is 304 g/mol. The third-order valence-electron chi connectivity index (χ3n) is 5.50. The summed E-state index contributed by atoms with van der Waals surface area (Å²) in [6.07, 6.45) is 1.59. The Bertz CT molecular complexity index is 652. The first-order valence-corrected chi connectivity index (χ1v) is 8.72. The third kappa shape index (κ3) is 3.18. The van der Waals surface area contributed by atoms with Crippen LogP contribution in [0.5, 0.6) is 0 Å². The van der Waals surface area contributed by atoms with Crippen LogP contribution in [-0.2, 0) is 4.79 Å². The van der Waals surface area contributed by atoms with E-state index >= 15 is 0 Å². The van der Waals surface area contributed by atoms with Crippen LogP contribution in [0.3, 0.4) is 0 Å². The molecule has 1 aliphatic heterocycles. The number of aliphatic hydroxyl groups is 1. The first-order valence-electron chi connectivity index (χ1n) is 8.72. The van der Waals surface area contributed by atoms with E-state index in [2.05, 4.69) is 5.32 Å². The van der Waals surface area contributed by atoms with Gasteiger partial charge in [0.25, 0.3) is 5.91 Å². The summed E-state index contributed by atoms with van der Waals surface area (Å²) in [5, 5.41) is 12.5. The van der Waals surface area contributed by atoms with E-state index in [1.54, 1.807) is 0 Å². The first-order chi connectivity index (χ1) is 11.4. The van der Waals surface area contributed by atoms with Gasteiger partial charge < -0.3 is 15.3 Å². The molecule has 1 aromatic carbocycles. The minimum Gasteiger partial charge on any atom is -0.393 e. The summed E-state index contributed by atoms with van der Waals surface area (Å²) in [4.78, 5) is 26.9. The molecule has 5 heteroatoms. The van der Waals surface area contributed by atoms with Crippen LogP contribution < -0.4 is 5.32 Å². The van der Waals surface area contributed by atoms with Gasteiger partial charge in [0, 0.05) is 30.1 Å². The first kappa shape index (κ1) is 17.0. The van der Waals surface area contributed by atoms with Gasteiger partial charge in [-0.2, -0.15) is 0 Å². The minimum atomic E-state index is -0.323. The molecule has 0 spiro atoms. The van der Waals surface area contributed by atoms with Crippen molar-refractivity contribution in [1.29, 1.82) is 0 Å². The minimum absolute atomic E-state index is 0.0126. The van der Waals surface area contributed by atoms with Crippen molar-refractivity contribution in [3.63, 3.8) is 0 Å². The summed E-state index contributed by atoms with van der Waals surface area (Å²) in [7, 11) is 0. The molecule has 1 aromatic rings. The molecule has 2 N–H and O–H groups in total. The van der Waals surface area contributed by atoms with Crippen molar-refractivity contribution >= 4 is 11.8 Å². The molecule has 1 aliphatic carbocycles. The van der Waals surface area contributed by atoms with Crippen LogP contribution >= 0.6 is 0 Å². The van der Waals surface area contributed by atoms with Crippen molar-refractivity contribution in [2.24, 2.45) is 5.92 Å². The summed E-state index contributed by atoms with van der Waals surface area (Å²) in [5.74, 6) is 0.00830. The second-order valence-corrected chi connectivity index (χ2v) is 7.32. The SMILES string of the molecule is Cc1cccc(C(=O)NC2CC(C)N(C(=O)C3CC(O)C3)C2)c1C. The van der Waals surface area contributed by atoms with E-state index in [1.807, 2.05) is 43.9 Å². The summed E-state index contributed by atoms with van der Waals surface area (Å²) in [6.45, 7) is 6.54. The van der Waals surface area contributed by atoms with Crippen molar-refractivity contribution in [1.82, 2.24) is 10.2 Å². The fourth-order valence-electron chi connectivity index (χ4n) is 3.73. The zero-order valence-corrected chi connectivity index (χ0v) is 14.6. The van der Waals surface area contributed by atoms with E-state index < -0.39 is 0 Å². The molecule has 5 nitrogen and oxygen atoms in total. The largest absolute Gasteiger partial charge is 0.393 e. The van der Waals surface area contributed by atoms with E-state index in [0.717, 1.165) is 17.5 Å². The van der Waals surface area contributed by atoms with Crippen LogP contribution in [0.4, 0.5) is 0 Å². The molecule has 3 rings (SSSR count). The summed E-state index contributed by atoms with van der Waals surface area (Å²) in [5.41, 5.74) is 2.80. The topological polar surface area (TPSA) is 69.6 Å². The molecule has 24 heavy (non-hydrogen) atoms. The van der Waals surface area contributed by atoms with Gasteiger partial charge in [0.15, 0.2) is 0 Å². The lowest BCUT2D eigenvalue weighted by atomic mass is 9.81. The van der Waals surface area contributed by atoms with E-state index in [-0.39, 0.29) is 35.9 Å². The van der Waals surface area contributed by atoms with Gasteiger partial charge in [-0.15, -0.1) is 0 Å². The molecule has 0 bridgehead atoms. The molecule has 1 heterocycles. The van der Waals surface area contributed by atoms with Crippen molar-refractivity contribution in [3.05, 3.63) is 34.9 Å². The van der Waals surface area contributed by atoms with Crippen molar-refractivity contribution in [2.75, 3.05) is 6.54 Å². The quantitative estimate of drug-likeness (QED) is 0.888. The predicted molar refractivity (Wildman–Crippen MR) is 91.7 cm³/mol. The number of nitrogens with one attached hydrogen (secondary N) is 1. The molecular formula is C19H26N2O3. The zero-order valence-electron chi connectivity index (χ0n) is 14.6. The lowest BCUT2D eigenvalue weighted by Crippen LogP contribution is -2.46. The Balaban J connectivity index is 1.61. The van der Waals surface area contributed by atoms with Gasteiger partial charge in [-0.25, -0.2) is 0 Å². The number of aryl methyl sites for hydroxylation is 1. The lowest BCUT2D eigenvalue weighted by Gasteiger charge is -2.34. The maximum Gasteiger partial charge on any atom is 0.251 e. The number of carbonyl (C=O) groups excluding carboxylic acids is 2. The molecule has 2 atom stereocenters. The fraction of sp³-hybridized carbons (Fsp3) is 0.579. The van der Waals surface area contributed by atoms with Crippen molar-refractivity contribution in [2.45, 2.75) is 58.2 Å². The number of hydrogen-bond donors (Lipinski definition) is 2. The Morgan fingerprint density at radius 3 is 2.58 bits per heavy atom.